The zero-order chi connectivity index (χ0) is 19.1. The van der Waals surface area contributed by atoms with Crippen LogP contribution in [0.15, 0.2) is 82.6 Å². The third-order valence-electron chi connectivity index (χ3n) is 5.14. The number of halogens is 1. The summed E-state index contributed by atoms with van der Waals surface area (Å²) in [7, 11) is 0. The molecule has 1 amide bonds. The highest BCUT2D eigenvalue weighted by Gasteiger charge is 2.44. The van der Waals surface area contributed by atoms with Gasteiger partial charge in [-0.2, -0.15) is 10.1 Å². The molecule has 138 valence electrons. The largest absolute Gasteiger partial charge is 0.492 e. The van der Waals surface area contributed by atoms with E-state index >= 15 is 0 Å². The number of carbonyl (C=O) groups excluding carboxylic acids is 1. The molecule has 2 unspecified atom stereocenters. The number of aromatic nitrogens is 1. The SMILES string of the molecule is O=C1C(c2cccnc2)C2COc3ccccc3C2=NN1c1ccccc1Br. The van der Waals surface area contributed by atoms with Gasteiger partial charge in [0.25, 0.3) is 5.91 Å². The number of benzene rings is 2. The molecule has 3 heterocycles. The molecule has 0 fully saturated rings. The van der Waals surface area contributed by atoms with Gasteiger partial charge in [0, 0.05) is 22.4 Å². The van der Waals surface area contributed by atoms with Crippen molar-refractivity contribution in [2.24, 2.45) is 11.0 Å². The number of carbonyl (C=O) groups is 1. The molecule has 2 aliphatic heterocycles. The van der Waals surface area contributed by atoms with E-state index in [4.69, 9.17) is 9.84 Å². The van der Waals surface area contributed by atoms with Crippen molar-refractivity contribution in [3.05, 3.63) is 88.7 Å². The molecule has 6 heteroatoms. The molecule has 2 aliphatic rings. The lowest BCUT2D eigenvalue weighted by atomic mass is 9.78. The topological polar surface area (TPSA) is 54.8 Å². The van der Waals surface area contributed by atoms with E-state index in [1.54, 1.807) is 12.4 Å². The third kappa shape index (κ3) is 2.72. The second-order valence-corrected chi connectivity index (χ2v) is 7.62. The Balaban J connectivity index is 1.72. The van der Waals surface area contributed by atoms with Crippen LogP contribution in [0.1, 0.15) is 17.0 Å². The normalized spacial score (nSPS) is 20.7. The summed E-state index contributed by atoms with van der Waals surface area (Å²) in [6, 6.07) is 19.2. The zero-order valence-electron chi connectivity index (χ0n) is 14.8. The van der Waals surface area contributed by atoms with Crippen LogP contribution in [0.2, 0.25) is 0 Å². The minimum Gasteiger partial charge on any atom is -0.492 e. The Bertz CT molecular complexity index is 1080. The Morgan fingerprint density at radius 3 is 2.68 bits per heavy atom. The van der Waals surface area contributed by atoms with Crippen molar-refractivity contribution in [2.45, 2.75) is 5.92 Å². The lowest BCUT2D eigenvalue weighted by molar-refractivity contribution is -0.121. The Morgan fingerprint density at radius 1 is 1.04 bits per heavy atom. The van der Waals surface area contributed by atoms with Gasteiger partial charge < -0.3 is 4.74 Å². The first-order chi connectivity index (χ1) is 13.7. The van der Waals surface area contributed by atoms with Crippen molar-refractivity contribution in [3.8, 4) is 5.75 Å². The fourth-order valence-corrected chi connectivity index (χ4v) is 4.29. The lowest BCUT2D eigenvalue weighted by Gasteiger charge is -2.38. The smallest absolute Gasteiger partial charge is 0.255 e. The number of hydrogen-bond acceptors (Lipinski definition) is 4. The van der Waals surface area contributed by atoms with Gasteiger partial charge >= 0.3 is 0 Å². The van der Waals surface area contributed by atoms with Crippen LogP contribution >= 0.6 is 15.9 Å². The van der Waals surface area contributed by atoms with Crippen molar-refractivity contribution in [1.29, 1.82) is 0 Å². The molecule has 0 bridgehead atoms. The first-order valence-corrected chi connectivity index (χ1v) is 9.82. The number of hydrogen-bond donors (Lipinski definition) is 0. The summed E-state index contributed by atoms with van der Waals surface area (Å²) in [5.74, 6) is 0.132. The number of fused-ring (bicyclic) bond motifs is 3. The van der Waals surface area contributed by atoms with Crippen LogP contribution < -0.4 is 9.75 Å². The molecule has 5 nitrogen and oxygen atoms in total. The van der Waals surface area contributed by atoms with Gasteiger partial charge in [-0.3, -0.25) is 9.78 Å². The van der Waals surface area contributed by atoms with Crippen LogP contribution in [0.5, 0.6) is 5.75 Å². The van der Waals surface area contributed by atoms with E-state index in [0.29, 0.717) is 6.61 Å². The van der Waals surface area contributed by atoms with Crippen molar-refractivity contribution < 1.29 is 9.53 Å². The molecular formula is C22H16BrN3O2. The van der Waals surface area contributed by atoms with Crippen molar-refractivity contribution in [2.75, 3.05) is 11.6 Å². The van der Waals surface area contributed by atoms with E-state index in [1.807, 2.05) is 60.7 Å². The van der Waals surface area contributed by atoms with Gasteiger partial charge in [-0.1, -0.05) is 30.3 Å². The van der Waals surface area contributed by atoms with Crippen LogP contribution in [-0.4, -0.2) is 23.2 Å². The average Bonchev–Trinajstić information content (AvgIpc) is 2.74. The number of hydrazone groups is 1. The maximum Gasteiger partial charge on any atom is 0.255 e. The maximum atomic E-state index is 13.6. The van der Waals surface area contributed by atoms with Gasteiger partial charge in [-0.15, -0.1) is 0 Å². The number of amides is 1. The fourth-order valence-electron chi connectivity index (χ4n) is 3.84. The highest BCUT2D eigenvalue weighted by Crippen LogP contribution is 2.41. The molecule has 2 atom stereocenters. The van der Waals surface area contributed by atoms with Crippen molar-refractivity contribution in [1.82, 2.24) is 4.98 Å². The van der Waals surface area contributed by atoms with Gasteiger partial charge in [-0.05, 0) is 51.8 Å². The second kappa shape index (κ2) is 6.87. The number of nitrogens with zero attached hydrogens (tertiary/aromatic N) is 3. The summed E-state index contributed by atoms with van der Waals surface area (Å²) in [6.45, 7) is 0.408. The molecule has 0 saturated carbocycles. The second-order valence-electron chi connectivity index (χ2n) is 6.76. The Labute approximate surface area is 170 Å². The van der Waals surface area contributed by atoms with E-state index in [1.165, 1.54) is 5.01 Å². The van der Waals surface area contributed by atoms with Crippen LogP contribution in [-0.2, 0) is 4.79 Å². The highest BCUT2D eigenvalue weighted by atomic mass is 79.9. The van der Waals surface area contributed by atoms with Gasteiger partial charge in [-0.25, -0.2) is 0 Å². The summed E-state index contributed by atoms with van der Waals surface area (Å²) in [5.41, 5.74) is 3.38. The number of rotatable bonds is 2. The predicted octanol–water partition coefficient (Wildman–Crippen LogP) is 4.39. The molecule has 28 heavy (non-hydrogen) atoms. The van der Waals surface area contributed by atoms with Crippen LogP contribution in [0.4, 0.5) is 5.69 Å². The molecule has 0 spiro atoms. The standard InChI is InChI=1S/C22H16BrN3O2/c23-17-8-2-3-9-18(17)26-22(27)20(14-6-5-11-24-12-14)16-13-28-19-10-4-1-7-15(19)21(16)25-26/h1-12,16,20H,13H2. The minimum atomic E-state index is -0.415. The van der Waals surface area contributed by atoms with Crippen molar-refractivity contribution >= 4 is 33.2 Å². The average molecular weight is 434 g/mol. The number of anilines is 1. The van der Waals surface area contributed by atoms with Gasteiger partial charge in [0.1, 0.15) is 5.75 Å². The maximum absolute atomic E-state index is 13.6. The van der Waals surface area contributed by atoms with E-state index in [-0.39, 0.29) is 11.8 Å². The Morgan fingerprint density at radius 2 is 1.86 bits per heavy atom. The third-order valence-corrected chi connectivity index (χ3v) is 5.81. The van der Waals surface area contributed by atoms with Crippen LogP contribution in [0, 0.1) is 5.92 Å². The van der Waals surface area contributed by atoms with Crippen LogP contribution in [0.25, 0.3) is 0 Å². The molecule has 5 rings (SSSR count). The first kappa shape index (κ1) is 17.1. The Hall–Kier alpha value is -2.99. The minimum absolute atomic E-state index is 0.0865. The van der Waals surface area contributed by atoms with E-state index in [0.717, 1.165) is 32.7 Å². The van der Waals surface area contributed by atoms with Gasteiger partial charge in [0.2, 0.25) is 0 Å². The van der Waals surface area contributed by atoms with Gasteiger partial charge in [0.15, 0.2) is 0 Å². The van der Waals surface area contributed by atoms with E-state index in [2.05, 4.69) is 20.9 Å². The number of para-hydroxylation sites is 2. The predicted molar refractivity (Wildman–Crippen MR) is 111 cm³/mol. The lowest BCUT2D eigenvalue weighted by Crippen LogP contribution is -2.47. The van der Waals surface area contributed by atoms with E-state index < -0.39 is 5.92 Å². The number of pyridine rings is 1. The summed E-state index contributed by atoms with van der Waals surface area (Å²) in [5, 5.41) is 6.31. The van der Waals surface area contributed by atoms with E-state index in [9.17, 15) is 4.79 Å². The molecular weight excluding hydrogens is 418 g/mol. The first-order valence-electron chi connectivity index (χ1n) is 9.03. The Kier molecular flexibility index (Phi) is 4.20. The molecule has 2 aromatic carbocycles. The molecule has 0 aliphatic carbocycles. The molecule has 0 saturated heterocycles. The molecule has 3 aromatic rings. The van der Waals surface area contributed by atoms with Crippen LogP contribution in [0.3, 0.4) is 0 Å². The molecule has 1 aromatic heterocycles. The molecule has 0 N–H and O–H groups in total. The van der Waals surface area contributed by atoms with Crippen molar-refractivity contribution in [3.63, 3.8) is 0 Å². The molecule has 0 radical (unpaired) electrons. The number of ether oxygens (including phenoxy) is 1. The van der Waals surface area contributed by atoms with Gasteiger partial charge in [0.05, 0.1) is 29.8 Å². The zero-order valence-corrected chi connectivity index (χ0v) is 16.4. The summed E-state index contributed by atoms with van der Waals surface area (Å²) in [6.07, 6.45) is 3.47. The summed E-state index contributed by atoms with van der Waals surface area (Å²) < 4.78 is 6.79. The summed E-state index contributed by atoms with van der Waals surface area (Å²) >= 11 is 3.56. The fraction of sp³-hybridized carbons (Fsp3) is 0.136. The highest BCUT2D eigenvalue weighted by molar-refractivity contribution is 9.10. The quantitative estimate of drug-likeness (QED) is 0.602. The summed E-state index contributed by atoms with van der Waals surface area (Å²) in [4.78, 5) is 17.8. The monoisotopic (exact) mass is 433 g/mol.